The highest BCUT2D eigenvalue weighted by Gasteiger charge is 2.23. The van der Waals surface area contributed by atoms with Crippen LogP contribution in [0.4, 0.5) is 5.69 Å². The molecule has 0 bridgehead atoms. The average Bonchev–Trinajstić information content (AvgIpc) is 2.68. The fraction of sp³-hybridized carbons (Fsp3) is 0.524. The number of allylic oxidation sites excluding steroid dienone is 2. The van der Waals surface area contributed by atoms with Crippen LogP contribution in [0.1, 0.15) is 79.0 Å². The molecule has 0 amide bonds. The normalized spacial score (nSPS) is 19.8. The molecule has 1 aromatic carbocycles. The summed E-state index contributed by atoms with van der Waals surface area (Å²) in [5.74, 6) is -1.42. The summed E-state index contributed by atoms with van der Waals surface area (Å²) in [5, 5.41) is 11.0. The van der Waals surface area contributed by atoms with Crippen LogP contribution in [0, 0.1) is 10.1 Å². The van der Waals surface area contributed by atoms with Gasteiger partial charge in [-0.15, -0.1) is 0 Å². The smallest absolute Gasteiger partial charge is 0.339 e. The number of esters is 2. The highest BCUT2D eigenvalue weighted by molar-refractivity contribution is 6.03. The molecule has 7 heteroatoms. The number of benzene rings is 1. The summed E-state index contributed by atoms with van der Waals surface area (Å²) < 4.78 is 10.5. The van der Waals surface area contributed by atoms with Crippen LogP contribution in [0.15, 0.2) is 29.8 Å². The second-order valence-corrected chi connectivity index (χ2v) is 6.97. The van der Waals surface area contributed by atoms with Crippen LogP contribution >= 0.6 is 0 Å². The maximum atomic E-state index is 12.4. The van der Waals surface area contributed by atoms with E-state index in [0.717, 1.165) is 51.0 Å². The minimum Gasteiger partial charge on any atom is -0.462 e. The molecule has 0 unspecified atom stereocenters. The maximum absolute atomic E-state index is 12.4. The molecule has 0 saturated heterocycles. The fourth-order valence-corrected chi connectivity index (χ4v) is 3.05. The molecular formula is C21H27NO6. The summed E-state index contributed by atoms with van der Waals surface area (Å²) in [6.45, 7) is 2.54. The third-order valence-electron chi connectivity index (χ3n) is 4.68. The number of cyclic esters (lactones) is 2. The minimum atomic E-state index is -0.752. The van der Waals surface area contributed by atoms with Gasteiger partial charge in [0.05, 0.1) is 29.3 Å². The monoisotopic (exact) mass is 389 g/mol. The third kappa shape index (κ3) is 6.79. The molecule has 0 atom stereocenters. The van der Waals surface area contributed by atoms with E-state index in [1.54, 1.807) is 0 Å². The van der Waals surface area contributed by atoms with E-state index >= 15 is 0 Å². The van der Waals surface area contributed by atoms with Gasteiger partial charge in [0, 0.05) is 12.1 Å². The van der Waals surface area contributed by atoms with Crippen molar-refractivity contribution in [3.05, 3.63) is 51.1 Å². The molecule has 28 heavy (non-hydrogen) atoms. The van der Waals surface area contributed by atoms with Crippen LogP contribution in [0.2, 0.25) is 0 Å². The lowest BCUT2D eigenvalue weighted by Gasteiger charge is -2.10. The Kier molecular flexibility index (Phi) is 8.65. The fourth-order valence-electron chi connectivity index (χ4n) is 3.05. The Bertz CT molecular complexity index is 740. The highest BCUT2D eigenvalue weighted by Crippen LogP contribution is 2.21. The number of non-ortho nitro benzene ring substituents is 1. The predicted molar refractivity (Wildman–Crippen MR) is 104 cm³/mol. The summed E-state index contributed by atoms with van der Waals surface area (Å²) >= 11 is 0. The van der Waals surface area contributed by atoms with Crippen LogP contribution in [0.5, 0.6) is 0 Å². The number of nitrogens with zero attached hydrogens (tertiary/aromatic N) is 1. The van der Waals surface area contributed by atoms with Crippen molar-refractivity contribution in [1.29, 1.82) is 0 Å². The average molecular weight is 389 g/mol. The SMILES string of the molecule is C/C1=C\CCCOC(=O)c2cc([N+](=O)[O-])ccc2C(=O)OCCCCCCC1. The van der Waals surface area contributed by atoms with Crippen LogP contribution in [0.25, 0.3) is 0 Å². The van der Waals surface area contributed by atoms with Crippen molar-refractivity contribution in [3.8, 4) is 0 Å². The van der Waals surface area contributed by atoms with Gasteiger partial charge >= 0.3 is 11.9 Å². The first-order valence-corrected chi connectivity index (χ1v) is 9.77. The van der Waals surface area contributed by atoms with Gasteiger partial charge in [0.1, 0.15) is 0 Å². The van der Waals surface area contributed by atoms with E-state index in [9.17, 15) is 19.7 Å². The molecule has 0 saturated carbocycles. The van der Waals surface area contributed by atoms with Crippen molar-refractivity contribution >= 4 is 17.6 Å². The Labute approximate surface area is 164 Å². The van der Waals surface area contributed by atoms with Gasteiger partial charge in [0.2, 0.25) is 0 Å². The van der Waals surface area contributed by atoms with Gasteiger partial charge in [0.25, 0.3) is 5.69 Å². The van der Waals surface area contributed by atoms with Crippen LogP contribution in [0.3, 0.4) is 0 Å². The second kappa shape index (κ2) is 11.2. The lowest BCUT2D eigenvalue weighted by molar-refractivity contribution is -0.384. The Morgan fingerprint density at radius 2 is 1.54 bits per heavy atom. The van der Waals surface area contributed by atoms with Gasteiger partial charge in [-0.2, -0.15) is 0 Å². The molecule has 0 fully saturated rings. The van der Waals surface area contributed by atoms with E-state index in [-0.39, 0.29) is 30.0 Å². The number of fused-ring (bicyclic) bond motifs is 1. The number of nitro groups is 1. The molecule has 1 aliphatic rings. The molecule has 0 N–H and O–H groups in total. The molecule has 7 nitrogen and oxygen atoms in total. The van der Waals surface area contributed by atoms with Crippen LogP contribution < -0.4 is 0 Å². The van der Waals surface area contributed by atoms with E-state index in [2.05, 4.69) is 13.0 Å². The lowest BCUT2D eigenvalue weighted by Crippen LogP contribution is -2.15. The minimum absolute atomic E-state index is 0.00698. The lowest BCUT2D eigenvalue weighted by atomic mass is 10.1. The van der Waals surface area contributed by atoms with E-state index in [0.29, 0.717) is 6.42 Å². The quantitative estimate of drug-likeness (QED) is 0.291. The Hall–Kier alpha value is -2.70. The van der Waals surface area contributed by atoms with Gasteiger partial charge in [-0.3, -0.25) is 10.1 Å². The van der Waals surface area contributed by atoms with Crippen molar-refractivity contribution in [2.24, 2.45) is 0 Å². The van der Waals surface area contributed by atoms with E-state index in [1.807, 2.05) is 0 Å². The third-order valence-corrected chi connectivity index (χ3v) is 4.68. The van der Waals surface area contributed by atoms with Crippen LogP contribution in [-0.2, 0) is 9.47 Å². The van der Waals surface area contributed by atoms with Crippen molar-refractivity contribution in [3.63, 3.8) is 0 Å². The summed E-state index contributed by atoms with van der Waals surface area (Å²) in [4.78, 5) is 35.2. The summed E-state index contributed by atoms with van der Waals surface area (Å²) in [6.07, 6.45) is 9.74. The number of ether oxygens (including phenoxy) is 2. The van der Waals surface area contributed by atoms with Crippen molar-refractivity contribution in [2.45, 2.75) is 58.3 Å². The zero-order chi connectivity index (χ0) is 20.4. The highest BCUT2D eigenvalue weighted by atomic mass is 16.6. The molecule has 1 aliphatic heterocycles. The van der Waals surface area contributed by atoms with Gasteiger partial charge in [-0.25, -0.2) is 9.59 Å². The van der Waals surface area contributed by atoms with Crippen molar-refractivity contribution in [1.82, 2.24) is 0 Å². The largest absolute Gasteiger partial charge is 0.462 e. The Morgan fingerprint density at radius 1 is 0.893 bits per heavy atom. The van der Waals surface area contributed by atoms with Gasteiger partial charge < -0.3 is 9.47 Å². The summed E-state index contributed by atoms with van der Waals surface area (Å²) in [7, 11) is 0. The molecule has 2 rings (SSSR count). The van der Waals surface area contributed by atoms with E-state index in [4.69, 9.17) is 9.47 Å². The van der Waals surface area contributed by atoms with Crippen molar-refractivity contribution in [2.75, 3.05) is 13.2 Å². The summed E-state index contributed by atoms with van der Waals surface area (Å²) in [5.41, 5.74) is 0.922. The van der Waals surface area contributed by atoms with E-state index in [1.165, 1.54) is 17.7 Å². The van der Waals surface area contributed by atoms with Crippen molar-refractivity contribution < 1.29 is 24.0 Å². The van der Waals surface area contributed by atoms with E-state index < -0.39 is 16.9 Å². The number of hydrogen-bond acceptors (Lipinski definition) is 6. The first-order valence-electron chi connectivity index (χ1n) is 9.77. The Morgan fingerprint density at radius 3 is 2.29 bits per heavy atom. The molecule has 0 spiro atoms. The molecule has 1 aromatic rings. The number of nitro benzene ring substituents is 1. The van der Waals surface area contributed by atoms with Gasteiger partial charge in [-0.1, -0.05) is 30.9 Å². The standard InChI is InChI=1S/C21H27NO6/c1-16-9-5-3-2-4-7-13-27-20(23)18-12-11-17(22(25)26)15-19(18)21(24)28-14-8-6-10-16/h10-12,15H,2-9,13-14H2,1H3/b16-10+. The topological polar surface area (TPSA) is 95.7 Å². The maximum Gasteiger partial charge on any atom is 0.339 e. The molecular weight excluding hydrogens is 362 g/mol. The number of hydrogen-bond donors (Lipinski definition) is 0. The van der Waals surface area contributed by atoms with Gasteiger partial charge in [0.15, 0.2) is 0 Å². The number of carbonyl (C=O) groups is 2. The first kappa shape index (κ1) is 21.6. The molecule has 0 radical (unpaired) electrons. The van der Waals surface area contributed by atoms with Gasteiger partial charge in [-0.05, 0) is 45.1 Å². The second-order valence-electron chi connectivity index (χ2n) is 6.97. The molecule has 0 aromatic heterocycles. The Balaban J connectivity index is 2.17. The first-order chi connectivity index (χ1) is 13.5. The molecule has 1 heterocycles. The predicted octanol–water partition coefficient (Wildman–Crippen LogP) is 4.99. The summed E-state index contributed by atoms with van der Waals surface area (Å²) in [6, 6.07) is 3.51. The zero-order valence-corrected chi connectivity index (χ0v) is 16.3. The molecule has 0 aliphatic carbocycles. The number of rotatable bonds is 1. The zero-order valence-electron chi connectivity index (χ0n) is 16.3. The molecule has 152 valence electrons. The number of carbonyl (C=O) groups excluding carboxylic acids is 2. The van der Waals surface area contributed by atoms with Crippen LogP contribution in [-0.4, -0.2) is 30.1 Å².